The highest BCUT2D eigenvalue weighted by molar-refractivity contribution is 7.86. The Kier molecular flexibility index (Phi) is 6.69. The predicted molar refractivity (Wildman–Crippen MR) is 114 cm³/mol. The molecule has 174 valence electrons. The second-order valence-corrected chi connectivity index (χ2v) is 10.0. The fraction of sp³-hybridized carbons (Fsp3) is 0.478. The van der Waals surface area contributed by atoms with Crippen molar-refractivity contribution in [1.82, 2.24) is 0 Å². The largest absolute Gasteiger partial charge is 0.387 e. The molecule has 2 aliphatic rings. The quantitative estimate of drug-likeness (QED) is 0.651. The highest BCUT2D eigenvalue weighted by Gasteiger charge is 2.53. The van der Waals surface area contributed by atoms with Crippen LogP contribution in [0.1, 0.15) is 25.0 Å². The summed E-state index contributed by atoms with van der Waals surface area (Å²) in [6.45, 7) is 5.39. The van der Waals surface area contributed by atoms with Gasteiger partial charge in [0.1, 0.15) is 24.4 Å². The smallest absolute Gasteiger partial charge is 0.297 e. The average Bonchev–Trinajstić information content (AvgIpc) is 3.02. The minimum atomic E-state index is -4.19. The third-order valence-corrected chi connectivity index (χ3v) is 6.73. The molecule has 0 radical (unpaired) electrons. The van der Waals surface area contributed by atoms with Crippen LogP contribution in [0.15, 0.2) is 59.5 Å². The Balaban J connectivity index is 1.59. The van der Waals surface area contributed by atoms with Crippen molar-refractivity contribution < 1.29 is 36.7 Å². The first kappa shape index (κ1) is 23.3. The molecule has 4 rings (SSSR count). The second-order valence-electron chi connectivity index (χ2n) is 8.46. The van der Waals surface area contributed by atoms with Crippen LogP contribution in [-0.2, 0) is 39.9 Å². The molecule has 9 heteroatoms. The predicted octanol–water partition coefficient (Wildman–Crippen LogP) is 2.52. The van der Waals surface area contributed by atoms with E-state index in [-0.39, 0.29) is 18.1 Å². The van der Waals surface area contributed by atoms with Crippen LogP contribution in [0, 0.1) is 6.92 Å². The van der Waals surface area contributed by atoms with Crippen molar-refractivity contribution in [3.05, 3.63) is 65.7 Å². The summed E-state index contributed by atoms with van der Waals surface area (Å²) in [5.74, 6) is -0.992. The number of fused-ring (bicyclic) bond motifs is 1. The molecule has 2 aliphatic heterocycles. The van der Waals surface area contributed by atoms with Crippen molar-refractivity contribution >= 4 is 10.1 Å². The van der Waals surface area contributed by atoms with Crippen molar-refractivity contribution in [2.75, 3.05) is 6.61 Å². The van der Waals surface area contributed by atoms with Gasteiger partial charge in [-0.05, 0) is 38.5 Å². The molecule has 8 nitrogen and oxygen atoms in total. The summed E-state index contributed by atoms with van der Waals surface area (Å²) >= 11 is 0. The highest BCUT2D eigenvalue weighted by atomic mass is 32.2. The van der Waals surface area contributed by atoms with Crippen molar-refractivity contribution in [2.45, 2.75) is 68.8 Å². The first-order chi connectivity index (χ1) is 15.1. The van der Waals surface area contributed by atoms with Gasteiger partial charge < -0.3 is 24.1 Å². The maximum atomic E-state index is 13.0. The van der Waals surface area contributed by atoms with Gasteiger partial charge in [-0.3, -0.25) is 4.18 Å². The molecule has 0 bridgehead atoms. The van der Waals surface area contributed by atoms with Gasteiger partial charge in [0.2, 0.25) is 0 Å². The van der Waals surface area contributed by atoms with E-state index in [2.05, 4.69) is 0 Å². The third-order valence-electron chi connectivity index (χ3n) is 5.41. The number of aliphatic hydroxyl groups is 1. The molecular formula is C23H28O8S. The van der Waals surface area contributed by atoms with E-state index in [9.17, 15) is 13.5 Å². The molecule has 0 amide bonds. The van der Waals surface area contributed by atoms with E-state index < -0.39 is 46.6 Å². The number of hydrogen-bond donors (Lipinski definition) is 1. The maximum absolute atomic E-state index is 13.0. The SMILES string of the molecule is Cc1ccc(S(=O)(=O)O[C@H]2[C@H](O)[C@H]3OC(C)(C)O[C@H]3OC[C@H]2OCc2ccccc2)cc1. The van der Waals surface area contributed by atoms with Crippen molar-refractivity contribution in [1.29, 1.82) is 0 Å². The van der Waals surface area contributed by atoms with E-state index >= 15 is 0 Å². The molecule has 2 heterocycles. The van der Waals surface area contributed by atoms with Crippen LogP contribution in [0.3, 0.4) is 0 Å². The number of aliphatic hydroxyl groups excluding tert-OH is 1. The lowest BCUT2D eigenvalue weighted by Gasteiger charge is -2.30. The lowest BCUT2D eigenvalue weighted by atomic mass is 10.0. The van der Waals surface area contributed by atoms with Gasteiger partial charge in [0, 0.05) is 0 Å². The molecule has 32 heavy (non-hydrogen) atoms. The summed E-state index contributed by atoms with van der Waals surface area (Å²) in [6, 6.07) is 15.7. The van der Waals surface area contributed by atoms with Crippen molar-refractivity contribution in [3.8, 4) is 0 Å². The molecular weight excluding hydrogens is 436 g/mol. The molecule has 2 saturated heterocycles. The van der Waals surface area contributed by atoms with Crippen LogP contribution in [0.2, 0.25) is 0 Å². The molecule has 0 unspecified atom stereocenters. The Morgan fingerprint density at radius 1 is 1.06 bits per heavy atom. The summed E-state index contributed by atoms with van der Waals surface area (Å²) in [5, 5.41) is 11.1. The van der Waals surface area contributed by atoms with Gasteiger partial charge in [0.05, 0.1) is 18.1 Å². The number of hydrogen-bond acceptors (Lipinski definition) is 8. The number of aryl methyl sites for hydroxylation is 1. The van der Waals surface area contributed by atoms with Crippen LogP contribution in [0.5, 0.6) is 0 Å². The number of benzene rings is 2. The van der Waals surface area contributed by atoms with E-state index in [0.717, 1.165) is 11.1 Å². The zero-order valence-corrected chi connectivity index (χ0v) is 19.0. The first-order valence-electron chi connectivity index (χ1n) is 10.5. The van der Waals surface area contributed by atoms with E-state index in [1.54, 1.807) is 26.0 Å². The topological polar surface area (TPSA) is 101 Å². The Morgan fingerprint density at radius 3 is 2.44 bits per heavy atom. The second kappa shape index (κ2) is 9.18. The first-order valence-corrected chi connectivity index (χ1v) is 11.9. The molecule has 2 aromatic rings. The fourth-order valence-corrected chi connectivity index (χ4v) is 4.87. The van der Waals surface area contributed by atoms with Crippen LogP contribution in [0.4, 0.5) is 0 Å². The summed E-state index contributed by atoms with van der Waals surface area (Å²) in [6.07, 6.45) is -5.33. The van der Waals surface area contributed by atoms with Crippen molar-refractivity contribution in [3.63, 3.8) is 0 Å². The standard InChI is InChI=1S/C23H28O8S/c1-15-9-11-17(12-10-15)32(25,26)31-20-18(27-13-16-7-5-4-6-8-16)14-28-22-21(19(20)24)29-23(2,3)30-22/h4-12,18-22,24H,13-14H2,1-3H3/t18-,19+,20-,21-,22-/m1/s1. The maximum Gasteiger partial charge on any atom is 0.297 e. The lowest BCUT2D eigenvalue weighted by Crippen LogP contribution is -2.49. The molecule has 1 N–H and O–H groups in total. The monoisotopic (exact) mass is 464 g/mol. The Labute approximate surface area is 188 Å². The molecule has 0 saturated carbocycles. The zero-order valence-electron chi connectivity index (χ0n) is 18.2. The summed E-state index contributed by atoms with van der Waals surface area (Å²) in [7, 11) is -4.19. The van der Waals surface area contributed by atoms with Gasteiger partial charge in [-0.1, -0.05) is 48.0 Å². The van der Waals surface area contributed by atoms with Gasteiger partial charge in [0.25, 0.3) is 10.1 Å². The van der Waals surface area contributed by atoms with Crippen LogP contribution < -0.4 is 0 Å². The Hall–Kier alpha value is -1.85. The minimum absolute atomic E-state index is 0.0113. The summed E-state index contributed by atoms with van der Waals surface area (Å²) in [4.78, 5) is -0.0113. The number of rotatable bonds is 6. The van der Waals surface area contributed by atoms with Gasteiger partial charge in [0.15, 0.2) is 12.1 Å². The molecule has 2 aromatic carbocycles. The Morgan fingerprint density at radius 2 is 1.75 bits per heavy atom. The average molecular weight is 465 g/mol. The fourth-order valence-electron chi connectivity index (χ4n) is 3.75. The Bertz CT molecular complexity index is 1010. The van der Waals surface area contributed by atoms with Crippen LogP contribution in [0.25, 0.3) is 0 Å². The van der Waals surface area contributed by atoms with Crippen molar-refractivity contribution in [2.24, 2.45) is 0 Å². The zero-order chi connectivity index (χ0) is 22.9. The molecule has 2 fully saturated rings. The molecule has 0 spiro atoms. The molecule has 0 aliphatic carbocycles. The van der Waals surface area contributed by atoms with E-state index in [4.69, 9.17) is 23.1 Å². The van der Waals surface area contributed by atoms with Gasteiger partial charge in [-0.25, -0.2) is 0 Å². The van der Waals surface area contributed by atoms with Gasteiger partial charge >= 0.3 is 0 Å². The van der Waals surface area contributed by atoms with E-state index in [0.29, 0.717) is 0 Å². The van der Waals surface area contributed by atoms with E-state index in [1.165, 1.54) is 12.1 Å². The summed E-state index contributed by atoms with van der Waals surface area (Å²) < 4.78 is 54.8. The highest BCUT2D eigenvalue weighted by Crippen LogP contribution is 2.36. The van der Waals surface area contributed by atoms with Crippen LogP contribution >= 0.6 is 0 Å². The van der Waals surface area contributed by atoms with Gasteiger partial charge in [-0.2, -0.15) is 8.42 Å². The molecule has 5 atom stereocenters. The number of ether oxygens (including phenoxy) is 4. The lowest BCUT2D eigenvalue weighted by molar-refractivity contribution is -0.206. The van der Waals surface area contributed by atoms with E-state index in [1.807, 2.05) is 37.3 Å². The molecule has 0 aromatic heterocycles. The summed E-state index contributed by atoms with van der Waals surface area (Å²) in [5.41, 5.74) is 1.80. The third kappa shape index (κ3) is 5.20. The normalized spacial score (nSPS) is 29.9. The van der Waals surface area contributed by atoms with Crippen LogP contribution in [-0.4, -0.2) is 56.6 Å². The van der Waals surface area contributed by atoms with Gasteiger partial charge in [-0.15, -0.1) is 0 Å². The minimum Gasteiger partial charge on any atom is -0.387 e.